The Morgan fingerprint density at radius 1 is 1.38 bits per heavy atom. The van der Waals surface area contributed by atoms with Crippen molar-refractivity contribution in [3.8, 4) is 0 Å². The highest BCUT2D eigenvalue weighted by atomic mass is 16.3. The van der Waals surface area contributed by atoms with Crippen LogP contribution in [-0.4, -0.2) is 56.3 Å². The lowest BCUT2D eigenvalue weighted by Crippen LogP contribution is -2.43. The Kier molecular flexibility index (Phi) is 3.94. The van der Waals surface area contributed by atoms with Crippen molar-refractivity contribution in [2.45, 2.75) is 18.7 Å². The van der Waals surface area contributed by atoms with Crippen molar-refractivity contribution in [2.24, 2.45) is 0 Å². The Bertz CT molecular complexity index is 587. The van der Waals surface area contributed by atoms with Crippen LogP contribution in [0.3, 0.4) is 0 Å². The molecule has 3 rings (SSSR count). The van der Waals surface area contributed by atoms with Crippen LogP contribution in [0.2, 0.25) is 0 Å². The lowest BCUT2D eigenvalue weighted by atomic mass is 10.2. The minimum Gasteiger partial charge on any atom is -0.390 e. The van der Waals surface area contributed by atoms with Gasteiger partial charge in [0.15, 0.2) is 0 Å². The summed E-state index contributed by atoms with van der Waals surface area (Å²) in [5.74, 6) is -0.261. The SMILES string of the molecule is O=C(N[C@@H]1CN(Cc2ccn[nH]2)C[C@H]1O)c1ccccn1. The van der Waals surface area contributed by atoms with Gasteiger partial charge in [-0.15, -0.1) is 0 Å². The van der Waals surface area contributed by atoms with Crippen LogP contribution in [0.4, 0.5) is 0 Å². The fraction of sp³-hybridized carbons (Fsp3) is 0.357. The summed E-state index contributed by atoms with van der Waals surface area (Å²) < 4.78 is 0. The predicted octanol–water partition coefficient (Wildman–Crippen LogP) is -0.220. The van der Waals surface area contributed by atoms with Gasteiger partial charge in [0.25, 0.3) is 5.91 Å². The molecule has 1 fully saturated rings. The minimum atomic E-state index is -0.583. The molecule has 0 aromatic carbocycles. The molecule has 0 radical (unpaired) electrons. The normalized spacial score (nSPS) is 22.3. The van der Waals surface area contributed by atoms with Gasteiger partial charge >= 0.3 is 0 Å². The van der Waals surface area contributed by atoms with Gasteiger partial charge in [-0.05, 0) is 18.2 Å². The molecule has 7 nitrogen and oxygen atoms in total. The first kappa shape index (κ1) is 13.7. The molecule has 7 heteroatoms. The second-order valence-electron chi connectivity index (χ2n) is 5.14. The van der Waals surface area contributed by atoms with Crippen LogP contribution in [0.5, 0.6) is 0 Å². The standard InChI is InChI=1S/C14H17N5O2/c20-13-9-19(7-10-4-6-16-18-10)8-12(13)17-14(21)11-3-1-2-5-15-11/h1-6,12-13,20H,7-9H2,(H,16,18)(H,17,21)/t12-,13-/m1/s1. The van der Waals surface area contributed by atoms with E-state index in [0.29, 0.717) is 25.3 Å². The van der Waals surface area contributed by atoms with E-state index in [2.05, 4.69) is 25.4 Å². The van der Waals surface area contributed by atoms with E-state index in [9.17, 15) is 9.90 Å². The molecule has 1 aliphatic rings. The van der Waals surface area contributed by atoms with Crippen LogP contribution < -0.4 is 5.32 Å². The average Bonchev–Trinajstić information content (AvgIpc) is 3.11. The molecule has 3 N–H and O–H groups in total. The molecule has 1 saturated heterocycles. The third-order valence-electron chi connectivity index (χ3n) is 3.53. The number of nitrogens with one attached hydrogen (secondary N) is 2. The van der Waals surface area contributed by atoms with Crippen molar-refractivity contribution in [3.05, 3.63) is 48.0 Å². The Balaban J connectivity index is 1.58. The van der Waals surface area contributed by atoms with Gasteiger partial charge in [-0.1, -0.05) is 6.07 Å². The molecule has 2 aromatic rings. The van der Waals surface area contributed by atoms with Gasteiger partial charge in [0.2, 0.25) is 0 Å². The fourth-order valence-corrected chi connectivity index (χ4v) is 2.49. The van der Waals surface area contributed by atoms with Crippen LogP contribution in [0.15, 0.2) is 36.7 Å². The molecule has 21 heavy (non-hydrogen) atoms. The number of amides is 1. The Hall–Kier alpha value is -2.25. The summed E-state index contributed by atoms with van der Waals surface area (Å²) in [6, 6.07) is 6.78. The summed E-state index contributed by atoms with van der Waals surface area (Å²) in [7, 11) is 0. The van der Waals surface area contributed by atoms with Gasteiger partial charge in [0, 0.05) is 37.7 Å². The summed E-state index contributed by atoms with van der Waals surface area (Å²) in [4.78, 5) is 18.1. The third kappa shape index (κ3) is 3.26. The van der Waals surface area contributed by atoms with Crippen molar-refractivity contribution in [1.82, 2.24) is 25.4 Å². The Morgan fingerprint density at radius 3 is 3.00 bits per heavy atom. The molecule has 3 heterocycles. The predicted molar refractivity (Wildman–Crippen MR) is 75.4 cm³/mol. The Labute approximate surface area is 122 Å². The molecule has 0 aliphatic carbocycles. The fourth-order valence-electron chi connectivity index (χ4n) is 2.49. The largest absolute Gasteiger partial charge is 0.390 e. The molecule has 110 valence electrons. The van der Waals surface area contributed by atoms with Crippen molar-refractivity contribution in [3.63, 3.8) is 0 Å². The van der Waals surface area contributed by atoms with Crippen LogP contribution in [-0.2, 0) is 6.54 Å². The van der Waals surface area contributed by atoms with Crippen LogP contribution in [0.1, 0.15) is 16.2 Å². The topological polar surface area (TPSA) is 94.1 Å². The minimum absolute atomic E-state index is 0.261. The molecule has 2 atom stereocenters. The third-order valence-corrected chi connectivity index (χ3v) is 3.53. The van der Waals surface area contributed by atoms with Gasteiger partial charge in [-0.25, -0.2) is 0 Å². The summed E-state index contributed by atoms with van der Waals surface area (Å²) in [5, 5.41) is 19.7. The molecule has 1 amide bonds. The maximum atomic E-state index is 12.1. The number of H-pyrrole nitrogens is 1. The number of aliphatic hydroxyl groups excluding tert-OH is 1. The quantitative estimate of drug-likeness (QED) is 0.723. The lowest BCUT2D eigenvalue weighted by molar-refractivity contribution is 0.0883. The van der Waals surface area contributed by atoms with Crippen molar-refractivity contribution >= 4 is 5.91 Å². The second-order valence-corrected chi connectivity index (χ2v) is 5.14. The van der Waals surface area contributed by atoms with Gasteiger partial charge < -0.3 is 10.4 Å². The zero-order chi connectivity index (χ0) is 14.7. The zero-order valence-electron chi connectivity index (χ0n) is 11.4. The summed E-state index contributed by atoms with van der Waals surface area (Å²) in [5.41, 5.74) is 1.34. The number of carbonyl (C=O) groups excluding carboxylic acids is 1. The first-order chi connectivity index (χ1) is 10.2. The molecule has 0 saturated carbocycles. The molecule has 0 unspecified atom stereocenters. The van der Waals surface area contributed by atoms with E-state index in [-0.39, 0.29) is 11.9 Å². The summed E-state index contributed by atoms with van der Waals surface area (Å²) in [6.45, 7) is 1.79. The number of hydrogen-bond donors (Lipinski definition) is 3. The van der Waals surface area contributed by atoms with E-state index in [1.807, 2.05) is 6.07 Å². The number of aromatic amines is 1. The molecular formula is C14H17N5O2. The summed E-state index contributed by atoms with van der Waals surface area (Å²) >= 11 is 0. The maximum Gasteiger partial charge on any atom is 0.270 e. The average molecular weight is 287 g/mol. The number of rotatable bonds is 4. The van der Waals surface area contributed by atoms with E-state index < -0.39 is 6.10 Å². The monoisotopic (exact) mass is 287 g/mol. The van der Waals surface area contributed by atoms with E-state index in [1.165, 1.54) is 0 Å². The van der Waals surface area contributed by atoms with Gasteiger partial charge in [-0.2, -0.15) is 5.10 Å². The molecule has 1 aliphatic heterocycles. The maximum absolute atomic E-state index is 12.1. The highest BCUT2D eigenvalue weighted by Gasteiger charge is 2.32. The number of nitrogens with zero attached hydrogens (tertiary/aromatic N) is 3. The number of carbonyl (C=O) groups is 1. The van der Waals surface area contributed by atoms with Crippen molar-refractivity contribution in [2.75, 3.05) is 13.1 Å². The van der Waals surface area contributed by atoms with Crippen LogP contribution >= 0.6 is 0 Å². The molecule has 0 bridgehead atoms. The smallest absolute Gasteiger partial charge is 0.270 e. The highest BCUT2D eigenvalue weighted by Crippen LogP contribution is 2.13. The number of likely N-dealkylation sites (tertiary alicyclic amines) is 1. The molecule has 2 aromatic heterocycles. The summed E-state index contributed by atoms with van der Waals surface area (Å²) in [6.07, 6.45) is 2.69. The van der Waals surface area contributed by atoms with Gasteiger partial charge in [-0.3, -0.25) is 19.8 Å². The van der Waals surface area contributed by atoms with E-state index >= 15 is 0 Å². The number of aromatic nitrogens is 3. The number of aliphatic hydroxyl groups is 1. The lowest BCUT2D eigenvalue weighted by Gasteiger charge is -2.16. The van der Waals surface area contributed by atoms with Crippen LogP contribution in [0, 0.1) is 0 Å². The zero-order valence-corrected chi connectivity index (χ0v) is 11.4. The second kappa shape index (κ2) is 6.02. The first-order valence-electron chi connectivity index (χ1n) is 6.83. The van der Waals surface area contributed by atoms with E-state index in [0.717, 1.165) is 5.69 Å². The van der Waals surface area contributed by atoms with Crippen LogP contribution in [0.25, 0.3) is 0 Å². The highest BCUT2D eigenvalue weighted by molar-refractivity contribution is 5.92. The number of pyridine rings is 1. The van der Waals surface area contributed by atoms with Crippen molar-refractivity contribution in [1.29, 1.82) is 0 Å². The van der Waals surface area contributed by atoms with E-state index in [1.54, 1.807) is 30.6 Å². The van der Waals surface area contributed by atoms with Gasteiger partial charge in [0.05, 0.1) is 12.1 Å². The van der Waals surface area contributed by atoms with E-state index in [4.69, 9.17) is 0 Å². The first-order valence-corrected chi connectivity index (χ1v) is 6.83. The number of hydrogen-bond acceptors (Lipinski definition) is 5. The van der Waals surface area contributed by atoms with Crippen molar-refractivity contribution < 1.29 is 9.90 Å². The molecule has 0 spiro atoms. The number of β-amino-alcohol motifs (C(OH)–C–C–N with tert-alkyl or cyclic N) is 1. The van der Waals surface area contributed by atoms with Gasteiger partial charge in [0.1, 0.15) is 5.69 Å². The molecular weight excluding hydrogens is 270 g/mol. The Morgan fingerprint density at radius 2 is 2.29 bits per heavy atom.